The molecule has 16 heavy (non-hydrogen) atoms. The van der Waals surface area contributed by atoms with E-state index in [0.717, 1.165) is 18.4 Å². The number of fused-ring (bicyclic) bond motifs is 1. The minimum Gasteiger partial charge on any atom is -0.454 e. The van der Waals surface area contributed by atoms with Crippen LogP contribution in [0.2, 0.25) is 5.02 Å². The molecule has 0 aromatic heterocycles. The largest absolute Gasteiger partial charge is 0.454 e. The smallest absolute Gasteiger partial charge is 0.231 e. The van der Waals surface area contributed by atoms with Gasteiger partial charge in [0.25, 0.3) is 0 Å². The molecule has 0 saturated heterocycles. The zero-order valence-electron chi connectivity index (χ0n) is 8.91. The summed E-state index contributed by atoms with van der Waals surface area (Å²) in [5, 5.41) is 0.626. The summed E-state index contributed by atoms with van der Waals surface area (Å²) in [7, 11) is 0. The van der Waals surface area contributed by atoms with Crippen LogP contribution in [-0.2, 0) is 0 Å². The van der Waals surface area contributed by atoms with Crippen LogP contribution in [0.25, 0.3) is 0 Å². The molecule has 4 heteroatoms. The van der Waals surface area contributed by atoms with E-state index < -0.39 is 0 Å². The predicted molar refractivity (Wildman–Crippen MR) is 63.9 cm³/mol. The van der Waals surface area contributed by atoms with Crippen LogP contribution >= 0.6 is 11.6 Å². The molecule has 0 bridgehead atoms. The summed E-state index contributed by atoms with van der Waals surface area (Å²) in [6.45, 7) is 3.92. The number of hydrogen-bond donors (Lipinski definition) is 1. The Morgan fingerprint density at radius 2 is 2.12 bits per heavy atom. The van der Waals surface area contributed by atoms with Gasteiger partial charge in [0.2, 0.25) is 6.79 Å². The van der Waals surface area contributed by atoms with Crippen molar-refractivity contribution < 1.29 is 9.47 Å². The highest BCUT2D eigenvalue weighted by Gasteiger charge is 2.19. The summed E-state index contributed by atoms with van der Waals surface area (Å²) in [5.74, 6) is 1.40. The minimum absolute atomic E-state index is 0.0972. The van der Waals surface area contributed by atoms with Gasteiger partial charge in [0.1, 0.15) is 0 Å². The van der Waals surface area contributed by atoms with Crippen molar-refractivity contribution in [2.75, 3.05) is 6.79 Å². The van der Waals surface area contributed by atoms with E-state index in [1.54, 1.807) is 6.07 Å². The van der Waals surface area contributed by atoms with Crippen LogP contribution in [0.3, 0.4) is 0 Å². The number of rotatable bonds is 4. The molecule has 0 radical (unpaired) electrons. The highest BCUT2D eigenvalue weighted by molar-refractivity contribution is 6.31. The van der Waals surface area contributed by atoms with Gasteiger partial charge in [-0.1, -0.05) is 17.7 Å². The maximum atomic E-state index is 6.14. The quantitative estimate of drug-likeness (QED) is 0.822. The normalized spacial score (nSPS) is 14.9. The van der Waals surface area contributed by atoms with Gasteiger partial charge in [-0.25, -0.2) is 0 Å². The van der Waals surface area contributed by atoms with E-state index in [1.807, 2.05) is 12.1 Å². The summed E-state index contributed by atoms with van der Waals surface area (Å²) in [5.41, 5.74) is 6.94. The number of halogens is 1. The molecule has 1 atom stereocenters. The van der Waals surface area contributed by atoms with Crippen molar-refractivity contribution in [3.8, 4) is 11.5 Å². The van der Waals surface area contributed by atoms with Crippen molar-refractivity contribution >= 4 is 11.6 Å². The number of allylic oxidation sites excluding steroid dienone is 1. The maximum absolute atomic E-state index is 6.14. The molecule has 1 heterocycles. The van der Waals surface area contributed by atoms with Crippen LogP contribution in [0.4, 0.5) is 0 Å². The van der Waals surface area contributed by atoms with E-state index in [4.69, 9.17) is 26.8 Å². The van der Waals surface area contributed by atoms with E-state index in [-0.39, 0.29) is 12.8 Å². The second-order valence-electron chi connectivity index (χ2n) is 3.70. The summed E-state index contributed by atoms with van der Waals surface area (Å²) >= 11 is 6.14. The predicted octanol–water partition coefficient (Wildman–Crippen LogP) is 3.03. The first-order valence-corrected chi connectivity index (χ1v) is 5.55. The van der Waals surface area contributed by atoms with E-state index in [1.165, 1.54) is 0 Å². The van der Waals surface area contributed by atoms with Gasteiger partial charge in [0.05, 0.1) is 0 Å². The molecule has 3 nitrogen and oxygen atoms in total. The highest BCUT2D eigenvalue weighted by Crippen LogP contribution is 2.39. The molecule has 0 spiro atoms. The molecular formula is C12H14ClNO2. The molecule has 0 fully saturated rings. The second kappa shape index (κ2) is 4.76. The van der Waals surface area contributed by atoms with E-state index in [2.05, 4.69) is 6.58 Å². The van der Waals surface area contributed by atoms with Crippen molar-refractivity contribution in [2.45, 2.75) is 18.9 Å². The third-order valence-corrected chi connectivity index (χ3v) is 2.90. The van der Waals surface area contributed by atoms with Gasteiger partial charge in [-0.2, -0.15) is 0 Å². The van der Waals surface area contributed by atoms with Crippen molar-refractivity contribution in [3.05, 3.63) is 35.4 Å². The van der Waals surface area contributed by atoms with Gasteiger partial charge in [-0.05, 0) is 24.5 Å². The van der Waals surface area contributed by atoms with Crippen molar-refractivity contribution in [3.63, 3.8) is 0 Å². The topological polar surface area (TPSA) is 44.5 Å². The first-order chi connectivity index (χ1) is 7.72. The Hall–Kier alpha value is -1.19. The molecule has 0 amide bonds. The summed E-state index contributed by atoms with van der Waals surface area (Å²) in [6.07, 6.45) is 3.54. The van der Waals surface area contributed by atoms with Crippen molar-refractivity contribution in [1.29, 1.82) is 0 Å². The van der Waals surface area contributed by atoms with Crippen LogP contribution in [0.15, 0.2) is 24.8 Å². The highest BCUT2D eigenvalue weighted by atomic mass is 35.5. The maximum Gasteiger partial charge on any atom is 0.231 e. The van der Waals surface area contributed by atoms with Crippen LogP contribution in [0, 0.1) is 0 Å². The zero-order chi connectivity index (χ0) is 11.5. The first kappa shape index (κ1) is 11.3. The third-order valence-electron chi connectivity index (χ3n) is 2.57. The average molecular weight is 240 g/mol. The Balaban J connectivity index is 2.23. The fourth-order valence-corrected chi connectivity index (χ4v) is 1.96. The molecule has 86 valence electrons. The Bertz CT molecular complexity index is 406. The van der Waals surface area contributed by atoms with E-state index in [9.17, 15) is 0 Å². The second-order valence-corrected chi connectivity index (χ2v) is 4.11. The molecule has 0 saturated carbocycles. The molecular weight excluding hydrogens is 226 g/mol. The lowest BCUT2D eigenvalue weighted by Crippen LogP contribution is -2.10. The number of nitrogens with two attached hydrogens (primary N) is 1. The summed E-state index contributed by atoms with van der Waals surface area (Å²) < 4.78 is 10.5. The van der Waals surface area contributed by atoms with Crippen molar-refractivity contribution in [1.82, 2.24) is 0 Å². The summed E-state index contributed by atoms with van der Waals surface area (Å²) in [6, 6.07) is 3.52. The molecule has 2 N–H and O–H groups in total. The van der Waals surface area contributed by atoms with Gasteiger partial charge >= 0.3 is 0 Å². The van der Waals surface area contributed by atoms with Crippen LogP contribution < -0.4 is 15.2 Å². The molecule has 0 unspecified atom stereocenters. The lowest BCUT2D eigenvalue weighted by atomic mass is 10.0. The first-order valence-electron chi connectivity index (χ1n) is 5.18. The molecule has 1 aromatic carbocycles. The Morgan fingerprint density at radius 1 is 1.44 bits per heavy atom. The molecule has 0 aliphatic carbocycles. The van der Waals surface area contributed by atoms with Crippen LogP contribution in [-0.4, -0.2) is 6.79 Å². The SMILES string of the molecule is C=CCC[C@H](N)c1cc2c(cc1Cl)OCO2. The van der Waals surface area contributed by atoms with Gasteiger partial charge in [-0.15, -0.1) is 6.58 Å². The fourth-order valence-electron chi connectivity index (χ4n) is 1.67. The van der Waals surface area contributed by atoms with Gasteiger partial charge in [0, 0.05) is 17.1 Å². The fraction of sp³-hybridized carbons (Fsp3) is 0.333. The van der Waals surface area contributed by atoms with Gasteiger partial charge in [-0.3, -0.25) is 0 Å². The number of hydrogen-bond acceptors (Lipinski definition) is 3. The lowest BCUT2D eigenvalue weighted by Gasteiger charge is -2.13. The zero-order valence-corrected chi connectivity index (χ0v) is 9.67. The Kier molecular flexibility index (Phi) is 3.36. The summed E-state index contributed by atoms with van der Waals surface area (Å²) in [4.78, 5) is 0. The minimum atomic E-state index is -0.0972. The molecule has 2 rings (SSSR count). The van der Waals surface area contributed by atoms with Gasteiger partial charge < -0.3 is 15.2 Å². The molecule has 1 aliphatic heterocycles. The van der Waals surface area contributed by atoms with Crippen molar-refractivity contribution in [2.24, 2.45) is 5.73 Å². The standard InChI is InChI=1S/C12H14ClNO2/c1-2-3-4-10(14)8-5-11-12(6-9(8)13)16-7-15-11/h2,5-6,10H,1,3-4,7,14H2/t10-/m0/s1. The van der Waals surface area contributed by atoms with Crippen LogP contribution in [0.1, 0.15) is 24.4 Å². The van der Waals surface area contributed by atoms with E-state index in [0.29, 0.717) is 16.5 Å². The van der Waals surface area contributed by atoms with Gasteiger partial charge in [0.15, 0.2) is 11.5 Å². The molecule has 1 aromatic rings. The number of benzene rings is 1. The van der Waals surface area contributed by atoms with E-state index >= 15 is 0 Å². The Morgan fingerprint density at radius 3 is 2.81 bits per heavy atom. The monoisotopic (exact) mass is 239 g/mol. The Labute approximate surface area is 99.8 Å². The van der Waals surface area contributed by atoms with Crippen LogP contribution in [0.5, 0.6) is 11.5 Å². The lowest BCUT2D eigenvalue weighted by molar-refractivity contribution is 0.174. The number of ether oxygens (including phenoxy) is 2. The third kappa shape index (κ3) is 2.15. The molecule has 1 aliphatic rings. The average Bonchev–Trinajstić information content (AvgIpc) is 2.71.